The first-order chi connectivity index (χ1) is 18.6. The Morgan fingerprint density at radius 1 is 0.974 bits per heavy atom. The number of hydrogen-bond donors (Lipinski definition) is 4. The van der Waals surface area contributed by atoms with Crippen LogP contribution in [0, 0.1) is 0 Å². The summed E-state index contributed by atoms with van der Waals surface area (Å²) >= 11 is 0. The second-order valence-electron chi connectivity index (χ2n) is 8.47. The Labute approximate surface area is 229 Å². The highest BCUT2D eigenvalue weighted by molar-refractivity contribution is 7.89. The maximum absolute atomic E-state index is 11.7. The lowest BCUT2D eigenvalue weighted by Crippen LogP contribution is -2.32. The number of carboxylic acid groups (broad SMARTS) is 1. The van der Waals surface area contributed by atoms with Gasteiger partial charge in [0.1, 0.15) is 17.3 Å². The van der Waals surface area contributed by atoms with E-state index in [2.05, 4.69) is 5.32 Å². The molecule has 0 unspecified atom stereocenters. The predicted octanol–water partition coefficient (Wildman–Crippen LogP) is 3.15. The molecule has 0 aliphatic carbocycles. The van der Waals surface area contributed by atoms with Crippen molar-refractivity contribution in [1.29, 1.82) is 0 Å². The van der Waals surface area contributed by atoms with Crippen molar-refractivity contribution >= 4 is 16.0 Å². The number of rotatable bonds is 13. The molecule has 11 heteroatoms. The summed E-state index contributed by atoms with van der Waals surface area (Å²) in [6.07, 6.45) is -0.765. The Balaban J connectivity index is 0.000000404. The maximum atomic E-state index is 11.7. The van der Waals surface area contributed by atoms with Crippen LogP contribution in [0.3, 0.4) is 0 Å². The van der Waals surface area contributed by atoms with Gasteiger partial charge in [-0.25, -0.2) is 18.4 Å². The van der Waals surface area contributed by atoms with Gasteiger partial charge in [-0.1, -0.05) is 48.5 Å². The molecule has 0 spiro atoms. The van der Waals surface area contributed by atoms with Crippen LogP contribution in [0.5, 0.6) is 17.2 Å². The number of primary sulfonamides is 1. The van der Waals surface area contributed by atoms with Crippen molar-refractivity contribution in [2.75, 3.05) is 26.9 Å². The van der Waals surface area contributed by atoms with Crippen molar-refractivity contribution in [3.05, 3.63) is 83.9 Å². The molecule has 0 aliphatic heterocycles. The standard InChI is InChI=1S/C20H28N2O5S.C8H8O3/c1-4-26-17-7-5-6-8-18(17)27-12-11-22-15(2)13-16-9-10-19(25-3)20(14-16)28(21,23)24;9-7(8(10)11)6-4-2-1-3-5-6/h5-10,14-15,22H,4,11-13H2,1-3H3,(H2,21,23,24);1-5,7,9H,(H,10,11)/t15-;7-/m11/s1. The molecule has 10 nitrogen and oxygen atoms in total. The van der Waals surface area contributed by atoms with Crippen LogP contribution in [0.2, 0.25) is 0 Å². The third-order valence-corrected chi connectivity index (χ3v) is 6.36. The van der Waals surface area contributed by atoms with E-state index < -0.39 is 22.1 Å². The van der Waals surface area contributed by atoms with Gasteiger partial charge in [-0.2, -0.15) is 0 Å². The summed E-state index contributed by atoms with van der Waals surface area (Å²) in [7, 11) is -2.43. The number of nitrogens with one attached hydrogen (secondary N) is 1. The summed E-state index contributed by atoms with van der Waals surface area (Å²) in [6, 6.07) is 21.0. The van der Waals surface area contributed by atoms with Gasteiger partial charge in [0.15, 0.2) is 17.6 Å². The molecule has 3 rings (SSSR count). The highest BCUT2D eigenvalue weighted by Gasteiger charge is 2.16. The number of methoxy groups -OCH3 is 1. The van der Waals surface area contributed by atoms with Gasteiger partial charge in [0.05, 0.1) is 13.7 Å². The van der Waals surface area contributed by atoms with Gasteiger partial charge in [0, 0.05) is 12.6 Å². The number of benzene rings is 3. The van der Waals surface area contributed by atoms with E-state index >= 15 is 0 Å². The van der Waals surface area contributed by atoms with Crippen LogP contribution in [0.25, 0.3) is 0 Å². The first kappa shape index (κ1) is 31.6. The zero-order valence-corrected chi connectivity index (χ0v) is 23.1. The van der Waals surface area contributed by atoms with E-state index in [-0.39, 0.29) is 16.7 Å². The molecule has 0 saturated heterocycles. The number of carboxylic acids is 1. The maximum Gasteiger partial charge on any atom is 0.337 e. The van der Waals surface area contributed by atoms with Crippen molar-refractivity contribution in [2.45, 2.75) is 37.3 Å². The quantitative estimate of drug-likeness (QED) is 0.231. The second kappa shape index (κ2) is 15.7. The highest BCUT2D eigenvalue weighted by Crippen LogP contribution is 2.26. The van der Waals surface area contributed by atoms with Gasteiger partial charge in [-0.3, -0.25) is 0 Å². The van der Waals surface area contributed by atoms with E-state index in [4.69, 9.17) is 29.6 Å². The molecule has 3 aromatic carbocycles. The Morgan fingerprint density at radius 3 is 2.15 bits per heavy atom. The van der Waals surface area contributed by atoms with Crippen LogP contribution in [0.1, 0.15) is 31.1 Å². The largest absolute Gasteiger partial charge is 0.495 e. The van der Waals surface area contributed by atoms with Crippen LogP contribution < -0.4 is 24.7 Å². The van der Waals surface area contributed by atoms with Crippen molar-refractivity contribution in [2.24, 2.45) is 5.14 Å². The third-order valence-electron chi connectivity index (χ3n) is 5.43. The molecule has 0 saturated carbocycles. The molecule has 39 heavy (non-hydrogen) atoms. The molecule has 0 radical (unpaired) electrons. The van der Waals surface area contributed by atoms with Crippen LogP contribution in [-0.4, -0.2) is 57.5 Å². The molecule has 5 N–H and O–H groups in total. The van der Waals surface area contributed by atoms with E-state index in [0.717, 1.165) is 11.3 Å². The van der Waals surface area contributed by atoms with Crippen molar-refractivity contribution in [3.63, 3.8) is 0 Å². The topological polar surface area (TPSA) is 157 Å². The molecular formula is C28H36N2O8S. The van der Waals surface area contributed by atoms with Gasteiger partial charge in [0.2, 0.25) is 10.0 Å². The van der Waals surface area contributed by atoms with Crippen molar-refractivity contribution in [3.8, 4) is 17.2 Å². The summed E-state index contributed by atoms with van der Waals surface area (Å²) in [4.78, 5) is 10.2. The summed E-state index contributed by atoms with van der Waals surface area (Å²) in [5.74, 6) is 0.461. The van der Waals surface area contributed by atoms with Gasteiger partial charge in [0.25, 0.3) is 0 Å². The molecular weight excluding hydrogens is 524 g/mol. The molecule has 2 atom stereocenters. The SMILES string of the molecule is CCOc1ccccc1OCCN[C@H](C)Cc1ccc(OC)c(S(N)(=O)=O)c1.O=C(O)[C@H](O)c1ccccc1. The fraction of sp³-hybridized carbons (Fsp3) is 0.321. The van der Waals surface area contributed by atoms with Crippen LogP contribution in [0.4, 0.5) is 0 Å². The third kappa shape index (κ3) is 10.6. The average molecular weight is 561 g/mol. The average Bonchev–Trinajstić information content (AvgIpc) is 2.92. The molecule has 3 aromatic rings. The van der Waals surface area contributed by atoms with Crippen molar-refractivity contribution < 1.29 is 37.6 Å². The zero-order chi connectivity index (χ0) is 28.8. The lowest BCUT2D eigenvalue weighted by Gasteiger charge is -2.16. The molecule has 0 amide bonds. The number of hydrogen-bond acceptors (Lipinski definition) is 8. The minimum Gasteiger partial charge on any atom is -0.495 e. The molecule has 0 fully saturated rings. The smallest absolute Gasteiger partial charge is 0.337 e. The Hall–Kier alpha value is -3.64. The Kier molecular flexibility index (Phi) is 12.7. The number of ether oxygens (including phenoxy) is 3. The number of carbonyl (C=O) groups is 1. The van der Waals surface area contributed by atoms with Gasteiger partial charge >= 0.3 is 5.97 Å². The fourth-order valence-corrected chi connectivity index (χ4v) is 4.33. The van der Waals surface area contributed by atoms with E-state index in [1.165, 1.54) is 7.11 Å². The van der Waals surface area contributed by atoms with E-state index in [1.54, 1.807) is 42.5 Å². The zero-order valence-electron chi connectivity index (χ0n) is 22.2. The minimum atomic E-state index is -3.84. The van der Waals surface area contributed by atoms with Gasteiger partial charge in [-0.15, -0.1) is 0 Å². The predicted molar refractivity (Wildman–Crippen MR) is 148 cm³/mol. The molecule has 0 aromatic heterocycles. The highest BCUT2D eigenvalue weighted by atomic mass is 32.2. The first-order valence-corrected chi connectivity index (χ1v) is 13.8. The van der Waals surface area contributed by atoms with Gasteiger partial charge < -0.3 is 29.7 Å². The van der Waals surface area contributed by atoms with Crippen LogP contribution in [0.15, 0.2) is 77.7 Å². The second-order valence-corrected chi connectivity index (χ2v) is 10.00. The fourth-order valence-electron chi connectivity index (χ4n) is 3.58. The normalized spacial score (nSPS) is 12.4. The van der Waals surface area contributed by atoms with Crippen molar-refractivity contribution in [1.82, 2.24) is 5.32 Å². The number of aliphatic carboxylic acids is 1. The molecule has 0 bridgehead atoms. The van der Waals surface area contributed by atoms with E-state index in [9.17, 15) is 13.2 Å². The molecule has 0 heterocycles. The lowest BCUT2D eigenvalue weighted by atomic mass is 10.1. The van der Waals surface area contributed by atoms with E-state index in [1.807, 2.05) is 44.2 Å². The first-order valence-electron chi connectivity index (χ1n) is 12.3. The number of sulfonamides is 1. The summed E-state index contributed by atoms with van der Waals surface area (Å²) < 4.78 is 39.9. The summed E-state index contributed by atoms with van der Waals surface area (Å²) in [6.45, 7) is 5.66. The van der Waals surface area contributed by atoms with Gasteiger partial charge in [-0.05, 0) is 55.7 Å². The van der Waals surface area contributed by atoms with Crippen LogP contribution in [-0.2, 0) is 21.2 Å². The summed E-state index contributed by atoms with van der Waals surface area (Å²) in [5.41, 5.74) is 1.26. The molecule has 212 valence electrons. The van der Waals surface area contributed by atoms with E-state index in [0.29, 0.717) is 37.5 Å². The monoisotopic (exact) mass is 560 g/mol. The number of nitrogens with two attached hydrogens (primary N) is 1. The van der Waals surface area contributed by atoms with Crippen LogP contribution >= 0.6 is 0 Å². The summed E-state index contributed by atoms with van der Waals surface area (Å²) in [5, 5.41) is 26.0. The Bertz CT molecular complexity index is 1290. The number of aliphatic hydroxyl groups excluding tert-OH is 1. The minimum absolute atomic E-state index is 0.00411. The lowest BCUT2D eigenvalue weighted by molar-refractivity contribution is -0.146. The Morgan fingerprint density at radius 2 is 1.59 bits per heavy atom. The number of para-hydroxylation sites is 2. The molecule has 0 aliphatic rings. The number of aliphatic hydroxyl groups is 1.